The molecule has 1 unspecified atom stereocenters. The summed E-state index contributed by atoms with van der Waals surface area (Å²) < 4.78 is 0. The monoisotopic (exact) mass is 274 g/mol. The van der Waals surface area contributed by atoms with E-state index in [0.29, 0.717) is 18.4 Å². The van der Waals surface area contributed by atoms with Crippen molar-refractivity contribution >= 4 is 11.6 Å². The van der Waals surface area contributed by atoms with E-state index in [1.807, 2.05) is 12.1 Å². The number of anilines is 1. The molecule has 1 aromatic carbocycles. The number of likely N-dealkylation sites (tertiary alicyclic amines) is 1. The summed E-state index contributed by atoms with van der Waals surface area (Å²) in [5.41, 5.74) is 2.20. The molecular weight excluding hydrogens is 248 g/mol. The van der Waals surface area contributed by atoms with Crippen molar-refractivity contribution in [1.82, 2.24) is 4.90 Å². The van der Waals surface area contributed by atoms with Gasteiger partial charge in [0.1, 0.15) is 0 Å². The Morgan fingerprint density at radius 1 is 1.30 bits per heavy atom. The minimum Gasteiger partial charge on any atom is -0.326 e. The maximum atomic E-state index is 12.1. The van der Waals surface area contributed by atoms with E-state index in [0.717, 1.165) is 18.7 Å². The van der Waals surface area contributed by atoms with E-state index >= 15 is 0 Å². The standard InChI is InChI=1S/C17H26N2O/c1-13(2)14-7-9-15(10-8-14)18-17(20)12-16-6-4-5-11-19(16)3/h7-10,13,16H,4-6,11-12H2,1-3H3,(H,18,20). The Bertz CT molecular complexity index is 439. The van der Waals surface area contributed by atoms with Gasteiger partial charge in [-0.1, -0.05) is 32.4 Å². The van der Waals surface area contributed by atoms with Gasteiger partial charge in [-0.3, -0.25) is 4.79 Å². The van der Waals surface area contributed by atoms with Crippen molar-refractivity contribution < 1.29 is 4.79 Å². The summed E-state index contributed by atoms with van der Waals surface area (Å²) in [5, 5.41) is 3.01. The van der Waals surface area contributed by atoms with Crippen LogP contribution < -0.4 is 5.32 Å². The van der Waals surface area contributed by atoms with E-state index in [4.69, 9.17) is 0 Å². The van der Waals surface area contributed by atoms with Gasteiger partial charge in [0.25, 0.3) is 0 Å². The maximum Gasteiger partial charge on any atom is 0.225 e. The van der Waals surface area contributed by atoms with Gasteiger partial charge in [0.15, 0.2) is 0 Å². The Morgan fingerprint density at radius 3 is 2.60 bits per heavy atom. The Labute approximate surface area is 122 Å². The molecule has 1 fully saturated rings. The van der Waals surface area contributed by atoms with E-state index in [1.54, 1.807) is 0 Å². The van der Waals surface area contributed by atoms with E-state index in [-0.39, 0.29) is 5.91 Å². The van der Waals surface area contributed by atoms with E-state index in [9.17, 15) is 4.79 Å². The summed E-state index contributed by atoms with van der Waals surface area (Å²) in [4.78, 5) is 14.4. The molecule has 0 aromatic heterocycles. The van der Waals surface area contributed by atoms with Crippen LogP contribution in [0.3, 0.4) is 0 Å². The number of piperidine rings is 1. The van der Waals surface area contributed by atoms with Crippen LogP contribution in [0.5, 0.6) is 0 Å². The fourth-order valence-corrected chi connectivity index (χ4v) is 2.78. The molecule has 0 aliphatic carbocycles. The van der Waals surface area contributed by atoms with Crippen molar-refractivity contribution in [3.63, 3.8) is 0 Å². The first-order chi connectivity index (χ1) is 9.56. The van der Waals surface area contributed by atoms with Gasteiger partial charge in [-0.15, -0.1) is 0 Å². The number of nitrogens with one attached hydrogen (secondary N) is 1. The zero-order valence-electron chi connectivity index (χ0n) is 12.9. The first kappa shape index (κ1) is 15.0. The third kappa shape index (κ3) is 4.07. The molecule has 0 saturated carbocycles. The molecule has 3 nitrogen and oxygen atoms in total. The van der Waals surface area contributed by atoms with Crippen molar-refractivity contribution in [2.75, 3.05) is 18.9 Å². The summed E-state index contributed by atoms with van der Waals surface area (Å²) in [6, 6.07) is 8.58. The Balaban J connectivity index is 1.87. The third-order valence-electron chi connectivity index (χ3n) is 4.20. The Morgan fingerprint density at radius 2 is 2.00 bits per heavy atom. The smallest absolute Gasteiger partial charge is 0.225 e. The zero-order valence-corrected chi connectivity index (χ0v) is 12.9. The summed E-state index contributed by atoms with van der Waals surface area (Å²) in [7, 11) is 2.12. The number of amides is 1. The first-order valence-electron chi connectivity index (χ1n) is 7.66. The largest absolute Gasteiger partial charge is 0.326 e. The maximum absolute atomic E-state index is 12.1. The minimum atomic E-state index is 0.126. The highest BCUT2D eigenvalue weighted by molar-refractivity contribution is 5.91. The average molecular weight is 274 g/mol. The van der Waals surface area contributed by atoms with Gasteiger partial charge in [0, 0.05) is 18.2 Å². The van der Waals surface area contributed by atoms with Crippen LogP contribution in [0, 0.1) is 0 Å². The Kier molecular flexibility index (Phi) is 5.18. The van der Waals surface area contributed by atoms with Crippen LogP contribution in [0.2, 0.25) is 0 Å². The van der Waals surface area contributed by atoms with Crippen molar-refractivity contribution in [2.24, 2.45) is 0 Å². The molecule has 1 saturated heterocycles. The lowest BCUT2D eigenvalue weighted by molar-refractivity contribution is -0.117. The third-order valence-corrected chi connectivity index (χ3v) is 4.20. The molecule has 0 radical (unpaired) electrons. The van der Waals surface area contributed by atoms with Crippen LogP contribution in [-0.4, -0.2) is 30.4 Å². The van der Waals surface area contributed by atoms with Gasteiger partial charge in [0.2, 0.25) is 5.91 Å². The molecule has 1 heterocycles. The van der Waals surface area contributed by atoms with Crippen molar-refractivity contribution in [1.29, 1.82) is 0 Å². The van der Waals surface area contributed by atoms with Crippen LogP contribution >= 0.6 is 0 Å². The van der Waals surface area contributed by atoms with Crippen LogP contribution in [0.15, 0.2) is 24.3 Å². The quantitative estimate of drug-likeness (QED) is 0.909. The average Bonchev–Trinajstić information content (AvgIpc) is 2.42. The van der Waals surface area contributed by atoms with Gasteiger partial charge in [-0.25, -0.2) is 0 Å². The molecule has 2 rings (SSSR count). The number of carbonyl (C=O) groups is 1. The van der Waals surface area contributed by atoms with Crippen molar-refractivity contribution in [2.45, 2.75) is 51.5 Å². The second kappa shape index (κ2) is 6.89. The van der Waals surface area contributed by atoms with Gasteiger partial charge in [-0.2, -0.15) is 0 Å². The molecule has 110 valence electrons. The second-order valence-corrected chi connectivity index (χ2v) is 6.16. The second-order valence-electron chi connectivity index (χ2n) is 6.16. The van der Waals surface area contributed by atoms with Crippen molar-refractivity contribution in [3.05, 3.63) is 29.8 Å². The molecule has 1 atom stereocenters. The predicted octanol–water partition coefficient (Wildman–Crippen LogP) is 3.62. The van der Waals surface area contributed by atoms with Crippen LogP contribution in [0.4, 0.5) is 5.69 Å². The van der Waals surface area contributed by atoms with E-state index < -0.39 is 0 Å². The lowest BCUT2D eigenvalue weighted by atomic mass is 9.99. The molecule has 1 aromatic rings. The molecule has 1 amide bonds. The lowest BCUT2D eigenvalue weighted by Crippen LogP contribution is -2.38. The summed E-state index contributed by atoms with van der Waals surface area (Å²) in [5.74, 6) is 0.650. The number of rotatable bonds is 4. The number of nitrogens with zero attached hydrogens (tertiary/aromatic N) is 1. The molecule has 0 spiro atoms. The summed E-state index contributed by atoms with van der Waals surface area (Å²) in [6.45, 7) is 5.46. The number of carbonyl (C=O) groups excluding carboxylic acids is 1. The van der Waals surface area contributed by atoms with Gasteiger partial charge >= 0.3 is 0 Å². The van der Waals surface area contributed by atoms with Gasteiger partial charge in [-0.05, 0) is 50.0 Å². The fourth-order valence-electron chi connectivity index (χ4n) is 2.78. The van der Waals surface area contributed by atoms with Crippen LogP contribution in [0.1, 0.15) is 51.0 Å². The van der Waals surface area contributed by atoms with Crippen molar-refractivity contribution in [3.8, 4) is 0 Å². The minimum absolute atomic E-state index is 0.126. The van der Waals surface area contributed by atoms with Gasteiger partial charge < -0.3 is 10.2 Å². The SMILES string of the molecule is CC(C)c1ccc(NC(=O)CC2CCCCN2C)cc1. The number of hydrogen-bond acceptors (Lipinski definition) is 2. The van der Waals surface area contributed by atoms with Crippen LogP contribution in [-0.2, 0) is 4.79 Å². The predicted molar refractivity (Wildman–Crippen MR) is 84.0 cm³/mol. The molecule has 1 N–H and O–H groups in total. The molecule has 1 aliphatic rings. The van der Waals surface area contributed by atoms with Gasteiger partial charge in [0.05, 0.1) is 0 Å². The number of benzene rings is 1. The molecule has 0 bridgehead atoms. The highest BCUT2D eigenvalue weighted by Crippen LogP contribution is 2.20. The Hall–Kier alpha value is -1.35. The zero-order chi connectivity index (χ0) is 14.5. The number of hydrogen-bond donors (Lipinski definition) is 1. The molecule has 20 heavy (non-hydrogen) atoms. The lowest BCUT2D eigenvalue weighted by Gasteiger charge is -2.31. The normalized spacial score (nSPS) is 20.1. The highest BCUT2D eigenvalue weighted by atomic mass is 16.1. The molecule has 1 aliphatic heterocycles. The van der Waals surface area contributed by atoms with E-state index in [2.05, 4.69) is 43.2 Å². The summed E-state index contributed by atoms with van der Waals surface area (Å²) >= 11 is 0. The molecule has 3 heteroatoms. The highest BCUT2D eigenvalue weighted by Gasteiger charge is 2.21. The van der Waals surface area contributed by atoms with Crippen LogP contribution in [0.25, 0.3) is 0 Å². The molecular formula is C17H26N2O. The van der Waals surface area contributed by atoms with E-state index in [1.165, 1.54) is 18.4 Å². The summed E-state index contributed by atoms with van der Waals surface area (Å²) in [6.07, 6.45) is 4.23. The first-order valence-corrected chi connectivity index (χ1v) is 7.66. The topological polar surface area (TPSA) is 32.3 Å². The fraction of sp³-hybridized carbons (Fsp3) is 0.588.